The highest BCUT2D eigenvalue weighted by Gasteiger charge is 2.26. The summed E-state index contributed by atoms with van der Waals surface area (Å²) in [7, 11) is 1.64. The number of oxime groups is 1. The van der Waals surface area contributed by atoms with E-state index in [1.165, 1.54) is 6.07 Å². The van der Waals surface area contributed by atoms with Crippen LogP contribution in [0.2, 0.25) is 0 Å². The van der Waals surface area contributed by atoms with Gasteiger partial charge in [0.1, 0.15) is 11.6 Å². The fourth-order valence-corrected chi connectivity index (χ4v) is 3.44. The van der Waals surface area contributed by atoms with E-state index in [-0.39, 0.29) is 5.82 Å². The Bertz CT molecular complexity index is 1030. The summed E-state index contributed by atoms with van der Waals surface area (Å²) < 4.78 is 26.8. The highest BCUT2D eigenvalue weighted by molar-refractivity contribution is 6.02. The van der Waals surface area contributed by atoms with Crippen LogP contribution < -0.4 is 4.74 Å². The molecule has 1 aliphatic rings. The molecule has 0 radical (unpaired) electrons. The van der Waals surface area contributed by atoms with E-state index in [4.69, 9.17) is 19.4 Å². The van der Waals surface area contributed by atoms with Gasteiger partial charge in [0.15, 0.2) is 0 Å². The molecular weight excluding hydrogens is 385 g/mol. The zero-order chi connectivity index (χ0) is 20.9. The molecule has 0 N–H and O–H groups in total. The SMILES string of the molecule is CCOC1CC(c2cn(Cc3ccc(OC)cc3)nc2Cc2ccccc2F)=NO1. The van der Waals surface area contributed by atoms with Crippen LogP contribution in [0.5, 0.6) is 5.75 Å². The van der Waals surface area contributed by atoms with Crippen molar-refractivity contribution in [3.63, 3.8) is 0 Å². The molecule has 1 aromatic heterocycles. The molecule has 2 aromatic carbocycles. The van der Waals surface area contributed by atoms with Gasteiger partial charge in [-0.2, -0.15) is 5.10 Å². The van der Waals surface area contributed by atoms with Crippen molar-refractivity contribution in [2.24, 2.45) is 5.16 Å². The van der Waals surface area contributed by atoms with Crippen LogP contribution in [0.15, 0.2) is 59.9 Å². The molecular formula is C23H24FN3O3. The maximum Gasteiger partial charge on any atom is 0.232 e. The van der Waals surface area contributed by atoms with E-state index in [1.807, 2.05) is 48.1 Å². The monoisotopic (exact) mass is 409 g/mol. The average molecular weight is 409 g/mol. The van der Waals surface area contributed by atoms with Gasteiger partial charge in [-0.1, -0.05) is 35.5 Å². The van der Waals surface area contributed by atoms with Crippen molar-refractivity contribution in [2.75, 3.05) is 13.7 Å². The lowest BCUT2D eigenvalue weighted by Gasteiger charge is -2.06. The molecule has 2 heterocycles. The summed E-state index contributed by atoms with van der Waals surface area (Å²) in [5.41, 5.74) is 4.05. The van der Waals surface area contributed by atoms with Crippen LogP contribution >= 0.6 is 0 Å². The minimum absolute atomic E-state index is 0.245. The van der Waals surface area contributed by atoms with Crippen LogP contribution in [0.1, 0.15) is 35.7 Å². The van der Waals surface area contributed by atoms with Crippen molar-refractivity contribution in [2.45, 2.75) is 32.6 Å². The van der Waals surface area contributed by atoms with Gasteiger partial charge in [0.05, 0.1) is 31.5 Å². The molecule has 156 valence electrons. The van der Waals surface area contributed by atoms with Gasteiger partial charge >= 0.3 is 0 Å². The average Bonchev–Trinajstić information content (AvgIpc) is 3.37. The Balaban J connectivity index is 1.62. The van der Waals surface area contributed by atoms with Gasteiger partial charge in [-0.3, -0.25) is 4.68 Å². The topological polar surface area (TPSA) is 57.9 Å². The summed E-state index contributed by atoms with van der Waals surface area (Å²) in [4.78, 5) is 5.38. The molecule has 30 heavy (non-hydrogen) atoms. The number of benzene rings is 2. The zero-order valence-corrected chi connectivity index (χ0v) is 17.0. The second kappa shape index (κ2) is 9.09. The van der Waals surface area contributed by atoms with E-state index in [2.05, 4.69) is 5.16 Å². The molecule has 0 saturated carbocycles. The van der Waals surface area contributed by atoms with Gasteiger partial charge in [-0.15, -0.1) is 0 Å². The van der Waals surface area contributed by atoms with E-state index >= 15 is 0 Å². The molecule has 4 rings (SSSR count). The smallest absolute Gasteiger partial charge is 0.232 e. The van der Waals surface area contributed by atoms with Crippen molar-refractivity contribution < 1.29 is 18.7 Å². The summed E-state index contributed by atoms with van der Waals surface area (Å²) >= 11 is 0. The molecule has 0 spiro atoms. The first kappa shape index (κ1) is 20.1. The van der Waals surface area contributed by atoms with Crippen LogP contribution in [0.3, 0.4) is 0 Å². The summed E-state index contributed by atoms with van der Waals surface area (Å²) in [6.45, 7) is 3.04. The van der Waals surface area contributed by atoms with Gasteiger partial charge in [0.25, 0.3) is 0 Å². The van der Waals surface area contributed by atoms with Crippen molar-refractivity contribution >= 4 is 5.71 Å². The molecule has 3 aromatic rings. The third-order valence-electron chi connectivity index (χ3n) is 4.96. The Labute approximate surface area is 174 Å². The third-order valence-corrected chi connectivity index (χ3v) is 4.96. The lowest BCUT2D eigenvalue weighted by molar-refractivity contribution is -0.120. The normalized spacial score (nSPS) is 15.7. The minimum Gasteiger partial charge on any atom is -0.497 e. The number of nitrogens with zero attached hydrogens (tertiary/aromatic N) is 3. The first-order valence-corrected chi connectivity index (χ1v) is 9.93. The van der Waals surface area contributed by atoms with E-state index in [1.54, 1.807) is 19.2 Å². The lowest BCUT2D eigenvalue weighted by atomic mass is 10.0. The predicted molar refractivity (Wildman–Crippen MR) is 111 cm³/mol. The Morgan fingerprint density at radius 3 is 2.70 bits per heavy atom. The van der Waals surface area contributed by atoms with Gasteiger partial charge in [-0.05, 0) is 36.2 Å². The fourth-order valence-electron chi connectivity index (χ4n) is 3.44. The van der Waals surface area contributed by atoms with Gasteiger partial charge in [-0.25, -0.2) is 4.39 Å². The predicted octanol–water partition coefficient (Wildman–Crippen LogP) is 4.16. The molecule has 0 bridgehead atoms. The van der Waals surface area contributed by atoms with Crippen LogP contribution in [0, 0.1) is 5.82 Å². The molecule has 1 aliphatic heterocycles. The molecule has 0 aliphatic carbocycles. The first-order valence-electron chi connectivity index (χ1n) is 9.93. The second-order valence-electron chi connectivity index (χ2n) is 7.04. The van der Waals surface area contributed by atoms with Crippen LogP contribution in [-0.4, -0.2) is 35.5 Å². The molecule has 0 amide bonds. The zero-order valence-electron chi connectivity index (χ0n) is 17.0. The quantitative estimate of drug-likeness (QED) is 0.561. The number of hydrogen-bond donors (Lipinski definition) is 0. The van der Waals surface area contributed by atoms with Gasteiger partial charge < -0.3 is 14.3 Å². The number of rotatable bonds is 8. The lowest BCUT2D eigenvalue weighted by Crippen LogP contribution is -2.13. The van der Waals surface area contributed by atoms with E-state index in [9.17, 15) is 4.39 Å². The van der Waals surface area contributed by atoms with Crippen LogP contribution in [0.4, 0.5) is 4.39 Å². The Morgan fingerprint density at radius 2 is 1.97 bits per heavy atom. The number of aromatic nitrogens is 2. The molecule has 1 atom stereocenters. The molecule has 6 nitrogen and oxygen atoms in total. The van der Waals surface area contributed by atoms with Crippen molar-refractivity contribution in [1.82, 2.24) is 9.78 Å². The minimum atomic E-state index is -0.392. The van der Waals surface area contributed by atoms with E-state index in [0.29, 0.717) is 31.6 Å². The van der Waals surface area contributed by atoms with Gasteiger partial charge in [0.2, 0.25) is 6.29 Å². The number of methoxy groups -OCH3 is 1. The Hall–Kier alpha value is -3.19. The molecule has 0 fully saturated rings. The first-order chi connectivity index (χ1) is 14.7. The Morgan fingerprint density at radius 1 is 1.17 bits per heavy atom. The van der Waals surface area contributed by atoms with E-state index in [0.717, 1.165) is 28.3 Å². The van der Waals surface area contributed by atoms with Crippen molar-refractivity contribution in [3.8, 4) is 5.75 Å². The molecule has 0 saturated heterocycles. The standard InChI is InChI=1S/C23H24FN3O3/c1-3-29-23-13-22(26-30-23)19-15-27(14-16-8-10-18(28-2)11-9-16)25-21(19)12-17-6-4-5-7-20(17)24/h4-11,15,23H,3,12-14H2,1-2H3. The maximum absolute atomic E-state index is 14.3. The van der Waals surface area contributed by atoms with Crippen molar-refractivity contribution in [3.05, 3.63) is 82.9 Å². The number of ether oxygens (including phenoxy) is 2. The third kappa shape index (κ3) is 4.52. The van der Waals surface area contributed by atoms with Crippen LogP contribution in [0.25, 0.3) is 0 Å². The molecule has 1 unspecified atom stereocenters. The van der Waals surface area contributed by atoms with Crippen LogP contribution in [-0.2, 0) is 22.5 Å². The summed E-state index contributed by atoms with van der Waals surface area (Å²) in [6, 6.07) is 14.6. The second-order valence-corrected chi connectivity index (χ2v) is 7.04. The van der Waals surface area contributed by atoms with E-state index < -0.39 is 6.29 Å². The number of halogens is 1. The largest absolute Gasteiger partial charge is 0.497 e. The maximum atomic E-state index is 14.3. The summed E-state index contributed by atoms with van der Waals surface area (Å²) in [6.07, 6.45) is 2.45. The number of hydrogen-bond acceptors (Lipinski definition) is 5. The van der Waals surface area contributed by atoms with Crippen molar-refractivity contribution in [1.29, 1.82) is 0 Å². The van der Waals surface area contributed by atoms with Gasteiger partial charge in [0, 0.05) is 24.8 Å². The fraction of sp³-hybridized carbons (Fsp3) is 0.304. The highest BCUT2D eigenvalue weighted by Crippen LogP contribution is 2.23. The molecule has 7 heteroatoms. The Kier molecular flexibility index (Phi) is 6.09. The summed E-state index contributed by atoms with van der Waals surface area (Å²) in [5.74, 6) is 0.560. The highest BCUT2D eigenvalue weighted by atomic mass is 19.1. The summed E-state index contributed by atoms with van der Waals surface area (Å²) in [5, 5.41) is 8.94.